The molecule has 6 nitrogen and oxygen atoms in total. The summed E-state index contributed by atoms with van der Waals surface area (Å²) >= 11 is 0. The van der Waals surface area contributed by atoms with Gasteiger partial charge >= 0.3 is 0 Å². The van der Waals surface area contributed by atoms with E-state index >= 15 is 0 Å². The van der Waals surface area contributed by atoms with Crippen molar-refractivity contribution in [3.8, 4) is 0 Å². The summed E-state index contributed by atoms with van der Waals surface area (Å²) in [5.74, 6) is -0.518. The van der Waals surface area contributed by atoms with Crippen LogP contribution < -0.4 is 20.5 Å². The summed E-state index contributed by atoms with van der Waals surface area (Å²) in [5, 5.41) is 7.12. The molecule has 7 heteroatoms. The zero-order valence-corrected chi connectivity index (χ0v) is 17.0. The second kappa shape index (κ2) is 10.0. The van der Waals surface area contributed by atoms with Crippen molar-refractivity contribution in [1.82, 2.24) is 5.43 Å². The number of halogens is 1. The van der Waals surface area contributed by atoms with E-state index < -0.39 is 0 Å². The molecule has 0 aromatic heterocycles. The number of quaternary nitrogens is 1. The van der Waals surface area contributed by atoms with Crippen LogP contribution in [0.2, 0.25) is 0 Å². The molecule has 2 aromatic carbocycles. The Kier molecular flexibility index (Phi) is 7.19. The number of hydrogen-bond acceptors (Lipinski definition) is 4. The van der Waals surface area contributed by atoms with Crippen LogP contribution >= 0.6 is 0 Å². The molecule has 1 fully saturated rings. The van der Waals surface area contributed by atoms with E-state index in [1.54, 1.807) is 17.9 Å². The van der Waals surface area contributed by atoms with Crippen molar-refractivity contribution >= 4 is 23.0 Å². The van der Waals surface area contributed by atoms with Crippen molar-refractivity contribution in [2.24, 2.45) is 5.10 Å². The smallest absolute Gasteiger partial charge is 0.259 e. The zero-order chi connectivity index (χ0) is 20.6. The predicted octanol–water partition coefficient (Wildman–Crippen LogP) is 1.50. The summed E-state index contributed by atoms with van der Waals surface area (Å²) in [5.41, 5.74) is 5.22. The minimum absolute atomic E-state index is 0.111. The van der Waals surface area contributed by atoms with E-state index in [1.165, 1.54) is 6.07 Å². The van der Waals surface area contributed by atoms with E-state index in [2.05, 4.69) is 27.7 Å². The van der Waals surface area contributed by atoms with E-state index in [0.29, 0.717) is 17.0 Å². The maximum atomic E-state index is 14.7. The van der Waals surface area contributed by atoms with Gasteiger partial charge < -0.3 is 15.1 Å². The van der Waals surface area contributed by atoms with Crippen LogP contribution in [0.25, 0.3) is 0 Å². The Morgan fingerprint density at radius 2 is 1.90 bits per heavy atom. The molecular weight excluding hydrogens is 369 g/mol. The van der Waals surface area contributed by atoms with Gasteiger partial charge in [0, 0.05) is 11.3 Å². The molecule has 3 rings (SSSR count). The van der Waals surface area contributed by atoms with Crippen molar-refractivity contribution in [1.29, 1.82) is 0 Å². The number of piperazine rings is 1. The van der Waals surface area contributed by atoms with Gasteiger partial charge in [0.25, 0.3) is 5.91 Å². The molecule has 3 N–H and O–H groups in total. The number of benzene rings is 2. The molecule has 0 saturated carbocycles. The van der Waals surface area contributed by atoms with Crippen molar-refractivity contribution in [3.63, 3.8) is 0 Å². The van der Waals surface area contributed by atoms with Gasteiger partial charge in [0.2, 0.25) is 0 Å². The van der Waals surface area contributed by atoms with Crippen LogP contribution in [0.5, 0.6) is 0 Å². The monoisotopic (exact) mass is 398 g/mol. The highest BCUT2D eigenvalue weighted by molar-refractivity contribution is 5.99. The van der Waals surface area contributed by atoms with Crippen LogP contribution in [-0.4, -0.2) is 50.9 Å². The van der Waals surface area contributed by atoms with Crippen LogP contribution in [0.15, 0.2) is 53.6 Å². The van der Waals surface area contributed by atoms with Crippen LogP contribution in [0.1, 0.15) is 19.4 Å². The van der Waals surface area contributed by atoms with Crippen molar-refractivity contribution in [2.75, 3.05) is 49.5 Å². The van der Waals surface area contributed by atoms with Crippen LogP contribution in [0, 0.1) is 5.82 Å². The quantitative estimate of drug-likeness (QED) is 0.489. The van der Waals surface area contributed by atoms with Gasteiger partial charge in [-0.2, -0.15) is 5.10 Å². The molecule has 2 aromatic rings. The number of hydrazone groups is 1. The third-order valence-corrected chi connectivity index (χ3v) is 5.25. The van der Waals surface area contributed by atoms with Gasteiger partial charge in [0.1, 0.15) is 5.82 Å². The molecule has 154 valence electrons. The first-order valence-electron chi connectivity index (χ1n) is 10.1. The standard InChI is InChI=1S/C22H28FN5O/c1-3-27-11-13-28(14-12-27)21-10-9-18(15-20(21)23)17(2)25-26-22(29)16-24-19-7-5-4-6-8-19/h4-10,15,24H,3,11-14,16H2,1-2H3,(H,26,29)/p+1/b25-17-. The summed E-state index contributed by atoms with van der Waals surface area (Å²) in [6.45, 7) is 8.93. The zero-order valence-electron chi connectivity index (χ0n) is 17.0. The number of hydrogen-bond donors (Lipinski definition) is 3. The number of nitrogens with zero attached hydrogens (tertiary/aromatic N) is 2. The van der Waals surface area contributed by atoms with Crippen molar-refractivity contribution in [3.05, 3.63) is 59.9 Å². The lowest BCUT2D eigenvalue weighted by Crippen LogP contribution is -3.14. The summed E-state index contributed by atoms with van der Waals surface area (Å²) in [4.78, 5) is 15.6. The molecular formula is C22H29FN5O+. The number of rotatable bonds is 7. The van der Waals surface area contributed by atoms with Gasteiger partial charge in [-0.15, -0.1) is 0 Å². The lowest BCUT2D eigenvalue weighted by atomic mass is 10.1. The number of anilines is 2. The van der Waals surface area contributed by atoms with E-state index in [4.69, 9.17) is 0 Å². The minimum atomic E-state index is -0.262. The SMILES string of the molecule is CC[NH+]1CCN(c2ccc(/C(C)=N\NC(=O)CNc3ccccc3)cc2F)CC1. The van der Waals surface area contributed by atoms with E-state index in [1.807, 2.05) is 36.4 Å². The summed E-state index contributed by atoms with van der Waals surface area (Å²) in [6.07, 6.45) is 0. The second-order valence-electron chi connectivity index (χ2n) is 7.21. The Morgan fingerprint density at radius 3 is 2.55 bits per heavy atom. The summed E-state index contributed by atoms with van der Waals surface area (Å²) in [6, 6.07) is 14.6. The fourth-order valence-corrected chi connectivity index (χ4v) is 3.39. The highest BCUT2D eigenvalue weighted by Gasteiger charge is 2.21. The van der Waals surface area contributed by atoms with E-state index in [9.17, 15) is 9.18 Å². The number of nitrogens with one attached hydrogen (secondary N) is 3. The fraction of sp³-hybridized carbons (Fsp3) is 0.364. The van der Waals surface area contributed by atoms with Gasteiger partial charge in [0.15, 0.2) is 0 Å². The first-order valence-corrected chi connectivity index (χ1v) is 10.1. The minimum Gasteiger partial charge on any atom is -0.376 e. The number of amides is 1. The lowest BCUT2D eigenvalue weighted by molar-refractivity contribution is -0.898. The average molecular weight is 399 g/mol. The first kappa shape index (κ1) is 20.8. The molecule has 1 heterocycles. The fourth-order valence-electron chi connectivity index (χ4n) is 3.39. The van der Waals surface area contributed by atoms with Crippen LogP contribution in [0.3, 0.4) is 0 Å². The molecule has 0 bridgehead atoms. The largest absolute Gasteiger partial charge is 0.376 e. The number of carbonyl (C=O) groups is 1. The molecule has 0 aliphatic carbocycles. The highest BCUT2D eigenvalue weighted by atomic mass is 19.1. The number of para-hydroxylation sites is 1. The highest BCUT2D eigenvalue weighted by Crippen LogP contribution is 2.21. The Bertz CT molecular complexity index is 848. The lowest BCUT2D eigenvalue weighted by Gasteiger charge is -2.33. The molecule has 29 heavy (non-hydrogen) atoms. The van der Waals surface area contributed by atoms with Gasteiger partial charge in [-0.05, 0) is 38.1 Å². The Hall–Kier alpha value is -2.93. The van der Waals surface area contributed by atoms with Crippen LogP contribution in [-0.2, 0) is 4.79 Å². The van der Waals surface area contributed by atoms with Crippen LogP contribution in [0.4, 0.5) is 15.8 Å². The topological polar surface area (TPSA) is 61.2 Å². The number of likely N-dealkylation sites (N-methyl/N-ethyl adjacent to an activating group) is 1. The molecule has 1 aliphatic heterocycles. The second-order valence-corrected chi connectivity index (χ2v) is 7.21. The van der Waals surface area contributed by atoms with Gasteiger partial charge in [0.05, 0.1) is 50.7 Å². The molecule has 1 saturated heterocycles. The van der Waals surface area contributed by atoms with E-state index in [0.717, 1.165) is 38.4 Å². The number of carbonyl (C=O) groups excluding carboxylic acids is 1. The summed E-state index contributed by atoms with van der Waals surface area (Å²) in [7, 11) is 0. The van der Waals surface area contributed by atoms with Gasteiger partial charge in [-0.25, -0.2) is 9.82 Å². The van der Waals surface area contributed by atoms with Gasteiger partial charge in [-0.3, -0.25) is 4.79 Å². The molecule has 0 unspecified atom stereocenters. The van der Waals surface area contributed by atoms with Crippen molar-refractivity contribution in [2.45, 2.75) is 13.8 Å². The Labute approximate surface area is 171 Å². The molecule has 1 amide bonds. The third-order valence-electron chi connectivity index (χ3n) is 5.25. The maximum absolute atomic E-state index is 14.7. The predicted molar refractivity (Wildman–Crippen MR) is 115 cm³/mol. The van der Waals surface area contributed by atoms with Crippen molar-refractivity contribution < 1.29 is 14.1 Å². The molecule has 0 radical (unpaired) electrons. The molecule has 1 aliphatic rings. The summed E-state index contributed by atoms with van der Waals surface area (Å²) < 4.78 is 14.7. The molecule has 0 atom stereocenters. The van der Waals surface area contributed by atoms with Gasteiger partial charge in [-0.1, -0.05) is 24.3 Å². The normalized spacial score (nSPS) is 15.3. The first-order chi connectivity index (χ1) is 14.1. The maximum Gasteiger partial charge on any atom is 0.259 e. The average Bonchev–Trinajstić information content (AvgIpc) is 2.76. The Balaban J connectivity index is 1.55. The molecule has 0 spiro atoms. The third kappa shape index (κ3) is 5.77. The van der Waals surface area contributed by atoms with E-state index in [-0.39, 0.29) is 18.3 Å². The Morgan fingerprint density at radius 1 is 1.17 bits per heavy atom.